The number of carboxylic acids is 1. The predicted octanol–water partition coefficient (Wildman–Crippen LogP) is 6.19. The number of rotatable bonds is 18. The first-order valence-corrected chi connectivity index (χ1v) is 10.4. The molecule has 0 saturated heterocycles. The van der Waals surface area contributed by atoms with Crippen LogP contribution in [0.5, 0.6) is 0 Å². The molecule has 0 aliphatic carbocycles. The van der Waals surface area contributed by atoms with Crippen LogP contribution >= 0.6 is 0 Å². The summed E-state index contributed by atoms with van der Waals surface area (Å²) < 4.78 is 5.22. The van der Waals surface area contributed by atoms with Gasteiger partial charge in [0.05, 0.1) is 0 Å². The Bertz CT molecular complexity index is 415. The molecule has 1 atom stereocenters. The topological polar surface area (TPSA) is 65.0 Å². The van der Waals surface area contributed by atoms with E-state index >= 15 is 0 Å². The lowest BCUT2D eigenvalue weighted by Crippen LogP contribution is -2.29. The summed E-state index contributed by atoms with van der Waals surface area (Å²) in [6.45, 7) is 5.83. The Morgan fingerprint density at radius 1 is 1.04 bits per heavy atom. The number of ether oxygens (including phenoxy) is 1. The van der Waals surface area contributed by atoms with Crippen molar-refractivity contribution in [2.24, 2.45) is 0 Å². The highest BCUT2D eigenvalue weighted by Gasteiger charge is 2.20. The van der Waals surface area contributed by atoms with Crippen molar-refractivity contribution < 1.29 is 24.4 Å². The molecule has 0 radical (unpaired) electrons. The van der Waals surface area contributed by atoms with Crippen LogP contribution in [0.2, 0.25) is 0 Å². The summed E-state index contributed by atoms with van der Waals surface area (Å²) >= 11 is 0. The van der Waals surface area contributed by atoms with E-state index < -0.39 is 11.8 Å². The number of carboxylic acid groups (broad SMARTS) is 1. The van der Waals surface area contributed by atoms with Crippen LogP contribution in [-0.2, 0) is 19.3 Å². The lowest BCUT2D eigenvalue weighted by molar-refractivity contribution is -0.425. The van der Waals surface area contributed by atoms with E-state index in [4.69, 9.17) is 19.6 Å². The van der Waals surface area contributed by atoms with E-state index in [0.717, 1.165) is 51.4 Å². The molecule has 0 aliphatic rings. The molecule has 5 nitrogen and oxygen atoms in total. The van der Waals surface area contributed by atoms with E-state index in [1.54, 1.807) is 7.11 Å². The Morgan fingerprint density at radius 3 is 2.41 bits per heavy atom. The molecule has 0 bridgehead atoms. The van der Waals surface area contributed by atoms with Gasteiger partial charge in [0.1, 0.15) is 6.10 Å². The van der Waals surface area contributed by atoms with Crippen molar-refractivity contribution in [1.82, 2.24) is 0 Å². The maximum Gasteiger partial charge on any atom is 0.303 e. The van der Waals surface area contributed by atoms with Crippen LogP contribution < -0.4 is 0 Å². The molecule has 0 aromatic heterocycles. The van der Waals surface area contributed by atoms with Gasteiger partial charge in [0, 0.05) is 13.5 Å². The highest BCUT2D eigenvalue weighted by Crippen LogP contribution is 2.15. The standard InChI is InChI=1S/C22H40O5/c1-5-6-14-17-20(26-27-22(2,3)25-4)18-15-12-10-8-7-9-11-13-16-19-21(23)24/h10,12,15,18,20H,5-9,11,13-14,16-17,19H2,1-4H3,(H,23,24)/b12-10-,18-15+/t20-/m0/s1. The molecule has 1 N–H and O–H groups in total. The first-order valence-electron chi connectivity index (χ1n) is 10.4. The number of unbranched alkanes of at least 4 members (excludes halogenated alkanes) is 7. The fourth-order valence-electron chi connectivity index (χ4n) is 2.42. The Morgan fingerprint density at radius 2 is 1.74 bits per heavy atom. The van der Waals surface area contributed by atoms with Crippen molar-refractivity contribution in [2.75, 3.05) is 7.11 Å². The highest BCUT2D eigenvalue weighted by atomic mass is 17.2. The van der Waals surface area contributed by atoms with Crippen molar-refractivity contribution in [1.29, 1.82) is 0 Å². The molecular weight excluding hydrogens is 344 g/mol. The first-order chi connectivity index (χ1) is 12.9. The monoisotopic (exact) mass is 384 g/mol. The average Bonchev–Trinajstić information content (AvgIpc) is 2.63. The van der Waals surface area contributed by atoms with E-state index in [1.165, 1.54) is 12.8 Å². The zero-order valence-electron chi connectivity index (χ0n) is 17.7. The highest BCUT2D eigenvalue weighted by molar-refractivity contribution is 5.66. The summed E-state index contributed by atoms with van der Waals surface area (Å²) in [6.07, 6.45) is 19.1. The Hall–Kier alpha value is -1.17. The number of carbonyl (C=O) groups is 1. The van der Waals surface area contributed by atoms with E-state index in [1.807, 2.05) is 26.0 Å². The van der Waals surface area contributed by atoms with Gasteiger partial charge < -0.3 is 9.84 Å². The molecule has 0 saturated carbocycles. The van der Waals surface area contributed by atoms with Crippen LogP contribution in [0.15, 0.2) is 24.3 Å². The third kappa shape index (κ3) is 18.0. The van der Waals surface area contributed by atoms with E-state index in [0.29, 0.717) is 0 Å². The van der Waals surface area contributed by atoms with Gasteiger partial charge in [-0.2, -0.15) is 0 Å². The molecule has 0 heterocycles. The summed E-state index contributed by atoms with van der Waals surface area (Å²) in [5.74, 6) is -1.45. The number of allylic oxidation sites excluding steroid dienone is 3. The second kappa shape index (κ2) is 17.0. The lowest BCUT2D eigenvalue weighted by atomic mass is 10.1. The summed E-state index contributed by atoms with van der Waals surface area (Å²) in [4.78, 5) is 21.4. The van der Waals surface area contributed by atoms with E-state index in [-0.39, 0.29) is 12.5 Å². The Kier molecular flexibility index (Phi) is 16.2. The number of hydrogen-bond acceptors (Lipinski definition) is 4. The molecule has 0 spiro atoms. The molecule has 0 fully saturated rings. The summed E-state index contributed by atoms with van der Waals surface area (Å²) in [7, 11) is 1.60. The van der Waals surface area contributed by atoms with E-state index in [2.05, 4.69) is 19.1 Å². The molecule has 0 unspecified atom stereocenters. The predicted molar refractivity (Wildman–Crippen MR) is 109 cm³/mol. The lowest BCUT2D eigenvalue weighted by Gasteiger charge is -2.24. The van der Waals surface area contributed by atoms with Crippen LogP contribution in [0.3, 0.4) is 0 Å². The first kappa shape index (κ1) is 25.8. The van der Waals surface area contributed by atoms with Crippen molar-refractivity contribution in [2.45, 2.75) is 103 Å². The number of methoxy groups -OCH3 is 1. The molecule has 5 heteroatoms. The van der Waals surface area contributed by atoms with Crippen LogP contribution in [0.25, 0.3) is 0 Å². The van der Waals surface area contributed by atoms with Gasteiger partial charge in [-0.3, -0.25) is 4.79 Å². The van der Waals surface area contributed by atoms with Gasteiger partial charge in [-0.1, -0.05) is 69.8 Å². The summed E-state index contributed by atoms with van der Waals surface area (Å²) in [5, 5.41) is 8.58. The van der Waals surface area contributed by atoms with Gasteiger partial charge in [0.2, 0.25) is 0 Å². The second-order valence-electron chi connectivity index (χ2n) is 7.33. The summed E-state index contributed by atoms with van der Waals surface area (Å²) in [6, 6.07) is 0. The Balaban J connectivity index is 4.01. The van der Waals surface area contributed by atoms with Gasteiger partial charge in [-0.25, -0.2) is 9.78 Å². The zero-order valence-corrected chi connectivity index (χ0v) is 17.7. The fourth-order valence-corrected chi connectivity index (χ4v) is 2.42. The van der Waals surface area contributed by atoms with Crippen molar-refractivity contribution in [3.63, 3.8) is 0 Å². The second-order valence-corrected chi connectivity index (χ2v) is 7.33. The number of aliphatic carboxylic acids is 1. The molecule has 0 aromatic rings. The normalized spacial score (nSPS) is 13.6. The van der Waals surface area contributed by atoms with Crippen LogP contribution in [0, 0.1) is 0 Å². The minimum Gasteiger partial charge on any atom is -0.481 e. The smallest absolute Gasteiger partial charge is 0.303 e. The largest absolute Gasteiger partial charge is 0.481 e. The van der Waals surface area contributed by atoms with Crippen LogP contribution in [-0.4, -0.2) is 30.1 Å². The van der Waals surface area contributed by atoms with Gasteiger partial charge in [-0.15, -0.1) is 0 Å². The zero-order chi connectivity index (χ0) is 20.4. The third-order valence-electron chi connectivity index (χ3n) is 4.29. The summed E-state index contributed by atoms with van der Waals surface area (Å²) in [5.41, 5.74) is 0. The van der Waals surface area contributed by atoms with Crippen molar-refractivity contribution in [3.05, 3.63) is 24.3 Å². The van der Waals surface area contributed by atoms with Crippen molar-refractivity contribution >= 4 is 5.97 Å². The minimum absolute atomic E-state index is 0.0788. The van der Waals surface area contributed by atoms with Crippen LogP contribution in [0.1, 0.15) is 91.4 Å². The molecule has 0 aromatic carbocycles. The molecule has 0 rings (SSSR count). The van der Waals surface area contributed by atoms with Gasteiger partial charge in [0.15, 0.2) is 5.79 Å². The average molecular weight is 385 g/mol. The van der Waals surface area contributed by atoms with E-state index in [9.17, 15) is 4.79 Å². The molecule has 158 valence electrons. The SMILES string of the molecule is CCCCC[C@@H](/C=C/C=C\CCCCCCCC(=O)O)OOC(C)(C)OC. The molecule has 0 amide bonds. The maximum atomic E-state index is 10.4. The Labute approximate surface area is 165 Å². The molecule has 0 aliphatic heterocycles. The maximum absolute atomic E-state index is 10.4. The third-order valence-corrected chi connectivity index (χ3v) is 4.29. The fraction of sp³-hybridized carbons (Fsp3) is 0.773. The molecule has 27 heavy (non-hydrogen) atoms. The number of hydrogen-bond donors (Lipinski definition) is 1. The van der Waals surface area contributed by atoms with Gasteiger partial charge in [-0.05, 0) is 39.5 Å². The van der Waals surface area contributed by atoms with Gasteiger partial charge >= 0.3 is 5.97 Å². The minimum atomic E-state index is -0.753. The van der Waals surface area contributed by atoms with Crippen molar-refractivity contribution in [3.8, 4) is 0 Å². The molecular formula is C22H40O5. The van der Waals surface area contributed by atoms with Crippen LogP contribution in [0.4, 0.5) is 0 Å². The quantitative estimate of drug-likeness (QED) is 0.100. The van der Waals surface area contributed by atoms with Gasteiger partial charge in [0.25, 0.3) is 0 Å².